The van der Waals surface area contributed by atoms with Gasteiger partial charge in [-0.15, -0.1) is 10.2 Å². The van der Waals surface area contributed by atoms with E-state index in [1.165, 1.54) is 17.7 Å². The number of hydrogen-bond acceptors (Lipinski definition) is 5. The fourth-order valence-corrected chi connectivity index (χ4v) is 3.05. The molecule has 27 heavy (non-hydrogen) atoms. The minimum atomic E-state index is -0.435. The van der Waals surface area contributed by atoms with E-state index in [1.807, 2.05) is 25.1 Å². The second-order valence-electron chi connectivity index (χ2n) is 6.91. The van der Waals surface area contributed by atoms with Gasteiger partial charge in [0.1, 0.15) is 6.04 Å². The Morgan fingerprint density at radius 3 is 2.26 bits per heavy atom. The molecule has 0 radical (unpaired) electrons. The van der Waals surface area contributed by atoms with Gasteiger partial charge in [0.2, 0.25) is 5.89 Å². The Kier molecular flexibility index (Phi) is 5.61. The van der Waals surface area contributed by atoms with E-state index in [0.29, 0.717) is 23.3 Å². The van der Waals surface area contributed by atoms with Crippen molar-refractivity contribution in [1.29, 1.82) is 0 Å². The highest BCUT2D eigenvalue weighted by atomic mass is 16.6. The molecule has 1 aromatic heterocycles. The molecule has 3 aromatic rings. The topological polar surface area (TPSA) is 98.7 Å². The van der Waals surface area contributed by atoms with E-state index in [0.717, 1.165) is 0 Å². The summed E-state index contributed by atoms with van der Waals surface area (Å²) < 4.78 is 5.83. The minimum Gasteiger partial charge on any atom is -0.415 e. The van der Waals surface area contributed by atoms with Gasteiger partial charge in [-0.1, -0.05) is 44.2 Å². The summed E-state index contributed by atoms with van der Waals surface area (Å²) in [5.41, 5.74) is 1.95. The van der Waals surface area contributed by atoms with Crippen LogP contribution in [0.4, 0.5) is 5.69 Å². The molecule has 2 N–H and O–H groups in total. The molecule has 0 amide bonds. The summed E-state index contributed by atoms with van der Waals surface area (Å²) >= 11 is 0. The molecule has 7 heteroatoms. The van der Waals surface area contributed by atoms with Crippen LogP contribution >= 0.6 is 0 Å². The molecule has 0 saturated heterocycles. The summed E-state index contributed by atoms with van der Waals surface area (Å²) in [5.74, 6) is 1.33. The number of nitro benzene ring substituents is 1. The van der Waals surface area contributed by atoms with Crippen LogP contribution in [0, 0.1) is 16.0 Å². The predicted molar refractivity (Wildman–Crippen MR) is 101 cm³/mol. The molecule has 0 aliphatic rings. The standard InChI is InChI=1S/C20H22N4O3/c1-13(2)18(15-7-5-4-6-8-15)21-14(3)19-22-23-20(27-19)16-9-11-17(12-10-16)24(25)26/h4-14,18,21H,1-3H3/p+1/t14-,18+/m1/s1. The molecule has 0 aliphatic carbocycles. The average molecular weight is 367 g/mol. The Labute approximate surface area is 157 Å². The fourth-order valence-electron chi connectivity index (χ4n) is 3.05. The number of benzene rings is 2. The van der Waals surface area contributed by atoms with Gasteiger partial charge >= 0.3 is 0 Å². The highest BCUT2D eigenvalue weighted by Gasteiger charge is 2.26. The largest absolute Gasteiger partial charge is 0.415 e. The van der Waals surface area contributed by atoms with E-state index in [4.69, 9.17) is 4.42 Å². The lowest BCUT2D eigenvalue weighted by atomic mass is 9.95. The second kappa shape index (κ2) is 8.09. The van der Waals surface area contributed by atoms with Gasteiger partial charge in [-0.2, -0.15) is 0 Å². The Bertz CT molecular complexity index is 891. The fraction of sp³-hybridized carbons (Fsp3) is 0.300. The number of nitrogens with zero attached hydrogens (tertiary/aromatic N) is 3. The zero-order chi connectivity index (χ0) is 19.4. The Hall–Kier alpha value is -3.06. The third-order valence-electron chi connectivity index (χ3n) is 4.55. The van der Waals surface area contributed by atoms with Crippen LogP contribution in [0.2, 0.25) is 0 Å². The lowest BCUT2D eigenvalue weighted by Gasteiger charge is -2.22. The van der Waals surface area contributed by atoms with Crippen LogP contribution in [0.1, 0.15) is 44.3 Å². The lowest BCUT2D eigenvalue weighted by Crippen LogP contribution is -2.86. The predicted octanol–water partition coefficient (Wildman–Crippen LogP) is 3.67. The van der Waals surface area contributed by atoms with Crippen molar-refractivity contribution in [2.75, 3.05) is 0 Å². The first kappa shape index (κ1) is 18.7. The molecule has 0 fully saturated rings. The number of nitro groups is 1. The number of rotatable bonds is 7. The van der Waals surface area contributed by atoms with E-state index in [2.05, 4.69) is 41.5 Å². The molecule has 7 nitrogen and oxygen atoms in total. The molecule has 3 rings (SSSR count). The third kappa shape index (κ3) is 4.38. The summed E-state index contributed by atoms with van der Waals surface area (Å²) in [5, 5.41) is 21.3. The summed E-state index contributed by atoms with van der Waals surface area (Å²) in [7, 11) is 0. The highest BCUT2D eigenvalue weighted by Crippen LogP contribution is 2.23. The van der Waals surface area contributed by atoms with Crippen LogP contribution in [-0.4, -0.2) is 15.1 Å². The van der Waals surface area contributed by atoms with Crippen LogP contribution in [0.25, 0.3) is 11.5 Å². The monoisotopic (exact) mass is 367 g/mol. The molecule has 0 aliphatic heterocycles. The Morgan fingerprint density at radius 1 is 1.00 bits per heavy atom. The number of non-ortho nitro benzene ring substituents is 1. The Morgan fingerprint density at radius 2 is 1.67 bits per heavy atom. The zero-order valence-corrected chi connectivity index (χ0v) is 15.6. The SMILES string of the molecule is CC(C)[C@H]([NH2+][C@H](C)c1nnc(-c2ccc([N+](=O)[O-])cc2)o1)c1ccccc1. The first-order chi connectivity index (χ1) is 13.0. The van der Waals surface area contributed by atoms with Crippen LogP contribution in [0.15, 0.2) is 59.0 Å². The van der Waals surface area contributed by atoms with Gasteiger partial charge in [-0.25, -0.2) is 0 Å². The first-order valence-electron chi connectivity index (χ1n) is 8.94. The van der Waals surface area contributed by atoms with E-state index in [9.17, 15) is 10.1 Å². The van der Waals surface area contributed by atoms with Crippen molar-refractivity contribution in [1.82, 2.24) is 10.2 Å². The van der Waals surface area contributed by atoms with Gasteiger partial charge < -0.3 is 9.73 Å². The zero-order valence-electron chi connectivity index (χ0n) is 15.6. The molecule has 2 atom stereocenters. The maximum atomic E-state index is 10.8. The molecule has 0 unspecified atom stereocenters. The molecule has 140 valence electrons. The van der Waals surface area contributed by atoms with Gasteiger partial charge in [-0.05, 0) is 19.1 Å². The van der Waals surface area contributed by atoms with Crippen molar-refractivity contribution in [2.45, 2.75) is 32.9 Å². The summed E-state index contributed by atoms with van der Waals surface area (Å²) in [6.45, 7) is 6.42. The quantitative estimate of drug-likeness (QED) is 0.507. The van der Waals surface area contributed by atoms with Crippen LogP contribution < -0.4 is 5.32 Å². The summed E-state index contributed by atoms with van der Waals surface area (Å²) in [6.07, 6.45) is 0. The smallest absolute Gasteiger partial charge is 0.274 e. The highest BCUT2D eigenvalue weighted by molar-refractivity contribution is 5.55. The molecule has 0 saturated carbocycles. The van der Waals surface area contributed by atoms with E-state index in [1.54, 1.807) is 12.1 Å². The van der Waals surface area contributed by atoms with Crippen molar-refractivity contribution >= 4 is 5.69 Å². The maximum absolute atomic E-state index is 10.8. The number of hydrogen-bond donors (Lipinski definition) is 1. The lowest BCUT2D eigenvalue weighted by molar-refractivity contribution is -0.739. The Balaban J connectivity index is 1.76. The first-order valence-corrected chi connectivity index (χ1v) is 8.94. The van der Waals surface area contributed by atoms with Gasteiger partial charge in [0.05, 0.1) is 4.92 Å². The van der Waals surface area contributed by atoms with Crippen molar-refractivity contribution in [2.24, 2.45) is 5.92 Å². The van der Waals surface area contributed by atoms with Crippen molar-refractivity contribution in [3.05, 3.63) is 76.2 Å². The van der Waals surface area contributed by atoms with Gasteiger partial charge in [0.15, 0.2) is 6.04 Å². The van der Waals surface area contributed by atoms with Crippen LogP contribution in [0.3, 0.4) is 0 Å². The average Bonchev–Trinajstić information content (AvgIpc) is 3.17. The van der Waals surface area contributed by atoms with E-state index >= 15 is 0 Å². The van der Waals surface area contributed by atoms with E-state index in [-0.39, 0.29) is 17.8 Å². The molecular formula is C20H23N4O3+. The van der Waals surface area contributed by atoms with Crippen molar-refractivity contribution < 1.29 is 14.7 Å². The molecule has 0 spiro atoms. The van der Waals surface area contributed by atoms with Crippen molar-refractivity contribution in [3.8, 4) is 11.5 Å². The third-order valence-corrected chi connectivity index (χ3v) is 4.55. The van der Waals surface area contributed by atoms with Crippen LogP contribution in [-0.2, 0) is 0 Å². The molecular weight excluding hydrogens is 344 g/mol. The van der Waals surface area contributed by atoms with Crippen molar-refractivity contribution in [3.63, 3.8) is 0 Å². The number of quaternary nitrogens is 1. The molecule has 0 bridgehead atoms. The summed E-state index contributed by atoms with van der Waals surface area (Å²) in [4.78, 5) is 10.3. The van der Waals surface area contributed by atoms with Gasteiger partial charge in [0, 0.05) is 29.2 Å². The normalized spacial score (nSPS) is 13.5. The van der Waals surface area contributed by atoms with Crippen LogP contribution in [0.5, 0.6) is 0 Å². The van der Waals surface area contributed by atoms with E-state index < -0.39 is 4.92 Å². The number of aromatic nitrogens is 2. The summed E-state index contributed by atoms with van der Waals surface area (Å²) in [6, 6.07) is 16.7. The number of nitrogens with two attached hydrogens (primary N) is 1. The second-order valence-corrected chi connectivity index (χ2v) is 6.91. The van der Waals surface area contributed by atoms with Gasteiger partial charge in [-0.3, -0.25) is 10.1 Å². The molecule has 1 heterocycles. The minimum absolute atomic E-state index is 0.0168. The van der Waals surface area contributed by atoms with Gasteiger partial charge in [0.25, 0.3) is 11.6 Å². The maximum Gasteiger partial charge on any atom is 0.274 e. The molecule has 2 aromatic carbocycles.